The molecular formula is C18H41IN4O2. The van der Waals surface area contributed by atoms with Gasteiger partial charge in [-0.1, -0.05) is 13.8 Å². The highest BCUT2D eigenvalue weighted by molar-refractivity contribution is 14.0. The van der Waals surface area contributed by atoms with Crippen molar-refractivity contribution in [2.24, 2.45) is 16.8 Å². The van der Waals surface area contributed by atoms with Crippen LogP contribution in [0.2, 0.25) is 0 Å². The fraction of sp³-hybridized carbons (Fsp3) is 0.944. The van der Waals surface area contributed by atoms with E-state index in [9.17, 15) is 5.11 Å². The van der Waals surface area contributed by atoms with Crippen LogP contribution in [0.25, 0.3) is 0 Å². The van der Waals surface area contributed by atoms with Crippen molar-refractivity contribution in [1.29, 1.82) is 0 Å². The molecule has 1 unspecified atom stereocenters. The fourth-order valence-electron chi connectivity index (χ4n) is 2.65. The summed E-state index contributed by atoms with van der Waals surface area (Å²) < 4.78 is 5.08. The molecule has 0 saturated heterocycles. The number of halogens is 1. The number of aliphatic hydroxyl groups is 1. The van der Waals surface area contributed by atoms with Gasteiger partial charge in [-0.05, 0) is 45.1 Å². The summed E-state index contributed by atoms with van der Waals surface area (Å²) in [5.41, 5.74) is 0. The molecule has 0 aliphatic heterocycles. The first-order valence-electron chi connectivity index (χ1n) is 9.33. The number of nitrogens with zero attached hydrogens (tertiary/aromatic N) is 2. The molecule has 0 rings (SSSR count). The van der Waals surface area contributed by atoms with Crippen molar-refractivity contribution in [1.82, 2.24) is 15.5 Å². The zero-order valence-electron chi connectivity index (χ0n) is 16.9. The average Bonchev–Trinajstić information content (AvgIpc) is 2.52. The maximum Gasteiger partial charge on any atom is 0.191 e. The second-order valence-electron chi connectivity index (χ2n) is 6.80. The van der Waals surface area contributed by atoms with Gasteiger partial charge in [0.05, 0.1) is 0 Å². The third-order valence-electron chi connectivity index (χ3n) is 3.87. The summed E-state index contributed by atoms with van der Waals surface area (Å²) in [5, 5.41) is 15.9. The van der Waals surface area contributed by atoms with E-state index in [4.69, 9.17) is 9.73 Å². The molecule has 25 heavy (non-hydrogen) atoms. The van der Waals surface area contributed by atoms with Gasteiger partial charge in [-0.3, -0.25) is 4.99 Å². The Labute approximate surface area is 172 Å². The first-order chi connectivity index (χ1) is 11.5. The molecular weight excluding hydrogens is 431 g/mol. The molecule has 0 aromatic heterocycles. The van der Waals surface area contributed by atoms with Gasteiger partial charge in [0.15, 0.2) is 5.96 Å². The molecule has 0 fully saturated rings. The number of ether oxygens (including phenoxy) is 1. The highest BCUT2D eigenvalue weighted by atomic mass is 127. The molecule has 0 amide bonds. The zero-order chi connectivity index (χ0) is 18.2. The summed E-state index contributed by atoms with van der Waals surface area (Å²) in [4.78, 5) is 7.00. The van der Waals surface area contributed by atoms with Crippen LogP contribution in [0, 0.1) is 11.8 Å². The van der Waals surface area contributed by atoms with Gasteiger partial charge in [0, 0.05) is 53.0 Å². The van der Waals surface area contributed by atoms with Crippen molar-refractivity contribution in [2.75, 3.05) is 60.1 Å². The van der Waals surface area contributed by atoms with Gasteiger partial charge in [0.1, 0.15) is 0 Å². The van der Waals surface area contributed by atoms with Gasteiger partial charge >= 0.3 is 0 Å². The minimum atomic E-state index is 0. The Balaban J connectivity index is 0. The molecule has 1 atom stereocenters. The Morgan fingerprint density at radius 2 is 1.96 bits per heavy atom. The molecule has 152 valence electrons. The predicted molar refractivity (Wildman–Crippen MR) is 118 cm³/mol. The number of methoxy groups -OCH3 is 1. The van der Waals surface area contributed by atoms with E-state index >= 15 is 0 Å². The number of hydrogen-bond donors (Lipinski definition) is 3. The van der Waals surface area contributed by atoms with E-state index in [0.717, 1.165) is 64.6 Å². The van der Waals surface area contributed by atoms with Gasteiger partial charge in [-0.2, -0.15) is 0 Å². The summed E-state index contributed by atoms with van der Waals surface area (Å²) in [6, 6.07) is 0. The largest absolute Gasteiger partial charge is 0.396 e. The zero-order valence-corrected chi connectivity index (χ0v) is 19.2. The molecule has 6 nitrogen and oxygen atoms in total. The topological polar surface area (TPSA) is 69.1 Å². The van der Waals surface area contributed by atoms with Crippen molar-refractivity contribution in [2.45, 2.75) is 40.0 Å². The van der Waals surface area contributed by atoms with Crippen LogP contribution >= 0.6 is 24.0 Å². The van der Waals surface area contributed by atoms with E-state index in [0.29, 0.717) is 11.8 Å². The number of rotatable bonds is 14. The normalized spacial score (nSPS) is 13.0. The summed E-state index contributed by atoms with van der Waals surface area (Å²) in [7, 11) is 3.87. The maximum atomic E-state index is 9.22. The quantitative estimate of drug-likeness (QED) is 0.157. The molecule has 0 aromatic carbocycles. The summed E-state index contributed by atoms with van der Waals surface area (Å²) in [5.74, 6) is 1.95. The number of aliphatic hydroxyl groups excluding tert-OH is 1. The lowest BCUT2D eigenvalue weighted by molar-refractivity contribution is 0.180. The second kappa shape index (κ2) is 18.7. The summed E-state index contributed by atoms with van der Waals surface area (Å²) >= 11 is 0. The number of aliphatic imine (C=N–C) groups is 1. The summed E-state index contributed by atoms with van der Waals surface area (Å²) in [6.45, 7) is 12.1. The standard InChI is InChI=1S/C18H40N4O2.HI/c1-6-19-18(20-9-11-22(4)10-7-13-24-5)21-15-17(8-12-23)14-16(2)3;/h16-17,23H,6-15H2,1-5H3,(H2,19,20,21);1H. The Hall–Kier alpha value is -0.120. The highest BCUT2D eigenvalue weighted by Crippen LogP contribution is 2.15. The average molecular weight is 472 g/mol. The molecule has 7 heteroatoms. The molecule has 0 aromatic rings. The van der Waals surface area contributed by atoms with E-state index in [-0.39, 0.29) is 30.6 Å². The van der Waals surface area contributed by atoms with Crippen LogP contribution in [0.3, 0.4) is 0 Å². The van der Waals surface area contributed by atoms with Crippen LogP contribution in [0.5, 0.6) is 0 Å². The van der Waals surface area contributed by atoms with Crippen LogP contribution in [-0.4, -0.2) is 76.1 Å². The van der Waals surface area contributed by atoms with E-state index < -0.39 is 0 Å². The summed E-state index contributed by atoms with van der Waals surface area (Å²) in [6.07, 6.45) is 2.98. The predicted octanol–water partition coefficient (Wildman–Crippen LogP) is 2.17. The number of nitrogens with one attached hydrogen (secondary N) is 2. The molecule has 0 spiro atoms. The molecule has 0 bridgehead atoms. The minimum Gasteiger partial charge on any atom is -0.396 e. The first-order valence-corrected chi connectivity index (χ1v) is 9.33. The molecule has 0 aliphatic carbocycles. The van der Waals surface area contributed by atoms with E-state index in [1.165, 1.54) is 0 Å². The Kier molecular flexibility index (Phi) is 20.2. The van der Waals surface area contributed by atoms with Crippen LogP contribution < -0.4 is 10.6 Å². The van der Waals surface area contributed by atoms with Gasteiger partial charge < -0.3 is 25.4 Å². The first kappa shape index (κ1) is 27.1. The molecule has 3 N–H and O–H groups in total. The van der Waals surface area contributed by atoms with Gasteiger partial charge in [0.25, 0.3) is 0 Å². The van der Waals surface area contributed by atoms with Gasteiger partial charge in [0.2, 0.25) is 0 Å². The number of guanidine groups is 1. The molecule has 0 heterocycles. The maximum absolute atomic E-state index is 9.22. The third-order valence-corrected chi connectivity index (χ3v) is 3.87. The lowest BCUT2D eigenvalue weighted by atomic mass is 9.94. The molecule has 0 saturated carbocycles. The van der Waals surface area contributed by atoms with Crippen molar-refractivity contribution in [3.8, 4) is 0 Å². The number of hydrogen-bond acceptors (Lipinski definition) is 4. The fourth-order valence-corrected chi connectivity index (χ4v) is 2.65. The second-order valence-corrected chi connectivity index (χ2v) is 6.80. The smallest absolute Gasteiger partial charge is 0.191 e. The molecule has 0 radical (unpaired) electrons. The Morgan fingerprint density at radius 3 is 2.52 bits per heavy atom. The lowest BCUT2D eigenvalue weighted by Crippen LogP contribution is -2.41. The Morgan fingerprint density at radius 1 is 1.24 bits per heavy atom. The van der Waals surface area contributed by atoms with E-state index in [1.807, 2.05) is 0 Å². The SMILES string of the molecule is CCNC(=NCC(CCO)CC(C)C)NCCN(C)CCCOC.I. The monoisotopic (exact) mass is 472 g/mol. The third kappa shape index (κ3) is 17.1. The van der Waals surface area contributed by atoms with Crippen molar-refractivity contribution in [3.05, 3.63) is 0 Å². The highest BCUT2D eigenvalue weighted by Gasteiger charge is 2.10. The van der Waals surface area contributed by atoms with Gasteiger partial charge in [-0.25, -0.2) is 0 Å². The van der Waals surface area contributed by atoms with Crippen LogP contribution in [-0.2, 0) is 4.74 Å². The van der Waals surface area contributed by atoms with E-state index in [2.05, 4.69) is 43.4 Å². The molecule has 0 aliphatic rings. The van der Waals surface area contributed by atoms with Crippen LogP contribution in [0.4, 0.5) is 0 Å². The minimum absolute atomic E-state index is 0. The van der Waals surface area contributed by atoms with E-state index in [1.54, 1.807) is 7.11 Å². The Bertz CT molecular complexity index is 317. The van der Waals surface area contributed by atoms with Gasteiger partial charge in [-0.15, -0.1) is 24.0 Å². The van der Waals surface area contributed by atoms with Crippen molar-refractivity contribution >= 4 is 29.9 Å². The van der Waals surface area contributed by atoms with Crippen LogP contribution in [0.15, 0.2) is 4.99 Å². The van der Waals surface area contributed by atoms with Crippen LogP contribution in [0.1, 0.15) is 40.0 Å². The van der Waals surface area contributed by atoms with Crippen molar-refractivity contribution in [3.63, 3.8) is 0 Å². The van der Waals surface area contributed by atoms with Crippen molar-refractivity contribution < 1.29 is 9.84 Å². The number of likely N-dealkylation sites (N-methyl/N-ethyl adjacent to an activating group) is 1. The lowest BCUT2D eigenvalue weighted by Gasteiger charge is -2.19.